The molecule has 1 aliphatic rings. The van der Waals surface area contributed by atoms with Gasteiger partial charge in [0.25, 0.3) is 0 Å². The maximum Gasteiger partial charge on any atom is 0.246 e. The predicted octanol–water partition coefficient (Wildman–Crippen LogP) is 3.18. The lowest BCUT2D eigenvalue weighted by atomic mass is 10.1. The van der Waals surface area contributed by atoms with Crippen molar-refractivity contribution >= 4 is 5.91 Å². The molecule has 1 fully saturated rings. The van der Waals surface area contributed by atoms with Crippen LogP contribution in [0.4, 0.5) is 0 Å². The first kappa shape index (κ1) is 19.1. The van der Waals surface area contributed by atoms with Crippen LogP contribution in [0.1, 0.15) is 25.3 Å². The highest BCUT2D eigenvalue weighted by molar-refractivity contribution is 5.76. The van der Waals surface area contributed by atoms with Crippen LogP contribution in [-0.2, 0) is 17.9 Å². The second-order valence-corrected chi connectivity index (χ2v) is 7.46. The molecule has 1 unspecified atom stereocenters. The third-order valence-corrected chi connectivity index (χ3v) is 5.37. The highest BCUT2D eigenvalue weighted by Gasteiger charge is 2.34. The van der Waals surface area contributed by atoms with Crippen LogP contribution in [-0.4, -0.2) is 44.2 Å². The number of amides is 1. The average molecular weight is 391 g/mol. The quantitative estimate of drug-likeness (QED) is 0.590. The Hall–Kier alpha value is -3.22. The number of methoxy groups -OCH3 is 1. The minimum atomic E-state index is 0.00263. The number of nitrogens with zero attached hydrogens (tertiary/aromatic N) is 5. The van der Waals surface area contributed by atoms with E-state index < -0.39 is 0 Å². The van der Waals surface area contributed by atoms with Gasteiger partial charge in [0.2, 0.25) is 11.7 Å². The van der Waals surface area contributed by atoms with E-state index in [-0.39, 0.29) is 18.5 Å². The van der Waals surface area contributed by atoms with Gasteiger partial charge in [-0.25, -0.2) is 0 Å². The van der Waals surface area contributed by atoms with E-state index in [1.807, 2.05) is 47.4 Å². The number of benzene rings is 2. The van der Waals surface area contributed by atoms with Crippen LogP contribution in [0.5, 0.6) is 5.75 Å². The smallest absolute Gasteiger partial charge is 0.246 e. The summed E-state index contributed by atoms with van der Waals surface area (Å²) in [5.41, 5.74) is 1.92. The molecule has 1 atom stereocenters. The third-order valence-electron chi connectivity index (χ3n) is 5.37. The fourth-order valence-electron chi connectivity index (χ4n) is 3.47. The molecular formula is C22H25N5O2. The van der Waals surface area contributed by atoms with Gasteiger partial charge < -0.3 is 9.64 Å². The Bertz CT molecular complexity index is 968. The Kier molecular flexibility index (Phi) is 5.55. The van der Waals surface area contributed by atoms with E-state index >= 15 is 0 Å². The van der Waals surface area contributed by atoms with Crippen molar-refractivity contribution in [1.29, 1.82) is 0 Å². The van der Waals surface area contributed by atoms with Gasteiger partial charge in [-0.3, -0.25) is 4.79 Å². The first-order chi connectivity index (χ1) is 14.1. The maximum atomic E-state index is 13.1. The van der Waals surface area contributed by atoms with Crippen molar-refractivity contribution in [1.82, 2.24) is 25.1 Å². The molecular weight excluding hydrogens is 366 g/mol. The summed E-state index contributed by atoms with van der Waals surface area (Å²) in [5.74, 6) is 1.78. The molecule has 0 aliphatic heterocycles. The topological polar surface area (TPSA) is 73.1 Å². The van der Waals surface area contributed by atoms with E-state index in [1.165, 1.54) is 17.6 Å². The summed E-state index contributed by atoms with van der Waals surface area (Å²) in [6, 6.07) is 17.8. The van der Waals surface area contributed by atoms with Gasteiger partial charge >= 0.3 is 0 Å². The monoisotopic (exact) mass is 391 g/mol. The number of hydrogen-bond donors (Lipinski definition) is 0. The first-order valence-corrected chi connectivity index (χ1v) is 9.89. The van der Waals surface area contributed by atoms with Gasteiger partial charge in [-0.15, -0.1) is 10.2 Å². The van der Waals surface area contributed by atoms with E-state index in [1.54, 1.807) is 7.11 Å². The van der Waals surface area contributed by atoms with Crippen molar-refractivity contribution < 1.29 is 9.53 Å². The average Bonchev–Trinajstić information content (AvgIpc) is 3.51. The summed E-state index contributed by atoms with van der Waals surface area (Å²) in [5, 5.41) is 12.6. The van der Waals surface area contributed by atoms with Crippen LogP contribution in [0.2, 0.25) is 0 Å². The lowest BCUT2D eigenvalue weighted by molar-refractivity contribution is -0.135. The zero-order chi connectivity index (χ0) is 20.2. The fraction of sp³-hybridized carbons (Fsp3) is 0.364. The normalized spacial score (nSPS) is 14.4. The zero-order valence-corrected chi connectivity index (χ0v) is 16.7. The van der Waals surface area contributed by atoms with Crippen LogP contribution in [0.25, 0.3) is 11.4 Å². The van der Waals surface area contributed by atoms with E-state index in [0.29, 0.717) is 18.3 Å². The highest BCUT2D eigenvalue weighted by atomic mass is 16.5. The van der Waals surface area contributed by atoms with E-state index in [9.17, 15) is 4.79 Å². The Morgan fingerprint density at radius 2 is 2.00 bits per heavy atom. The Balaban J connectivity index is 1.49. The molecule has 1 amide bonds. The second kappa shape index (κ2) is 8.43. The molecule has 1 aliphatic carbocycles. The molecule has 1 saturated carbocycles. The van der Waals surface area contributed by atoms with E-state index in [2.05, 4.69) is 34.5 Å². The first-order valence-electron chi connectivity index (χ1n) is 9.89. The minimum Gasteiger partial charge on any atom is -0.497 e. The van der Waals surface area contributed by atoms with Crippen LogP contribution in [0.3, 0.4) is 0 Å². The molecule has 1 aromatic heterocycles. The number of carbonyl (C=O) groups is 1. The van der Waals surface area contributed by atoms with Gasteiger partial charge in [0, 0.05) is 18.2 Å². The molecule has 0 radical (unpaired) electrons. The molecule has 7 heteroatoms. The number of hydrogen-bond acceptors (Lipinski definition) is 5. The summed E-state index contributed by atoms with van der Waals surface area (Å²) in [7, 11) is 1.62. The largest absolute Gasteiger partial charge is 0.497 e. The molecule has 150 valence electrons. The van der Waals surface area contributed by atoms with Crippen LogP contribution in [0, 0.1) is 5.92 Å². The lowest BCUT2D eigenvalue weighted by Gasteiger charge is -2.29. The summed E-state index contributed by atoms with van der Waals surface area (Å²) < 4.78 is 5.25. The van der Waals surface area contributed by atoms with Gasteiger partial charge in [-0.2, -0.15) is 4.80 Å². The van der Waals surface area contributed by atoms with Gasteiger partial charge in [-0.05, 0) is 48.6 Å². The molecule has 2 aromatic carbocycles. The maximum absolute atomic E-state index is 13.1. The number of aromatic nitrogens is 4. The molecule has 0 bridgehead atoms. The summed E-state index contributed by atoms with van der Waals surface area (Å²) in [6.07, 6.45) is 2.36. The van der Waals surface area contributed by atoms with Gasteiger partial charge in [0.05, 0.1) is 7.11 Å². The van der Waals surface area contributed by atoms with Crippen molar-refractivity contribution in [2.75, 3.05) is 7.11 Å². The second-order valence-electron chi connectivity index (χ2n) is 7.46. The SMILES string of the molecule is COc1cccc(-c2nnn(CC(=O)N(Cc3ccccc3)C(C)C3CC3)n2)c1. The number of carbonyl (C=O) groups excluding carboxylic acids is 1. The van der Waals surface area contributed by atoms with Crippen molar-refractivity contribution in [2.24, 2.45) is 5.92 Å². The molecule has 0 N–H and O–H groups in total. The molecule has 4 rings (SSSR count). The number of tetrazole rings is 1. The standard InChI is InChI=1S/C22H25N5O2/c1-16(18-11-12-18)26(14-17-7-4-3-5-8-17)21(28)15-27-24-22(23-25-27)19-9-6-10-20(13-19)29-2/h3-10,13,16,18H,11-12,14-15H2,1-2H3. The van der Waals surface area contributed by atoms with Crippen molar-refractivity contribution in [2.45, 2.75) is 38.9 Å². The Labute approximate surface area is 170 Å². The van der Waals surface area contributed by atoms with Crippen LogP contribution >= 0.6 is 0 Å². The van der Waals surface area contributed by atoms with Gasteiger partial charge in [-0.1, -0.05) is 42.5 Å². The zero-order valence-electron chi connectivity index (χ0n) is 16.7. The van der Waals surface area contributed by atoms with Crippen molar-refractivity contribution in [3.05, 3.63) is 60.2 Å². The van der Waals surface area contributed by atoms with Crippen LogP contribution in [0.15, 0.2) is 54.6 Å². The Morgan fingerprint density at radius 3 is 2.72 bits per heavy atom. The third kappa shape index (κ3) is 4.62. The number of rotatable bonds is 8. The van der Waals surface area contributed by atoms with Gasteiger partial charge in [0.1, 0.15) is 12.3 Å². The molecule has 0 saturated heterocycles. The summed E-state index contributed by atoms with van der Waals surface area (Å²) >= 11 is 0. The van der Waals surface area contributed by atoms with E-state index in [0.717, 1.165) is 16.9 Å². The number of ether oxygens (including phenoxy) is 1. The minimum absolute atomic E-state index is 0.00263. The molecule has 29 heavy (non-hydrogen) atoms. The molecule has 0 spiro atoms. The molecule has 1 heterocycles. The van der Waals surface area contributed by atoms with Gasteiger partial charge in [0.15, 0.2) is 0 Å². The summed E-state index contributed by atoms with van der Waals surface area (Å²) in [6.45, 7) is 2.80. The lowest BCUT2D eigenvalue weighted by Crippen LogP contribution is -2.41. The van der Waals surface area contributed by atoms with Crippen LogP contribution < -0.4 is 4.74 Å². The van der Waals surface area contributed by atoms with Crippen molar-refractivity contribution in [3.8, 4) is 17.1 Å². The fourth-order valence-corrected chi connectivity index (χ4v) is 3.47. The van der Waals surface area contributed by atoms with Crippen molar-refractivity contribution in [3.63, 3.8) is 0 Å². The summed E-state index contributed by atoms with van der Waals surface area (Å²) in [4.78, 5) is 16.4. The predicted molar refractivity (Wildman–Crippen MR) is 109 cm³/mol. The van der Waals surface area contributed by atoms with E-state index in [4.69, 9.17) is 4.74 Å². The molecule has 3 aromatic rings. The Morgan fingerprint density at radius 1 is 1.21 bits per heavy atom. The molecule has 7 nitrogen and oxygen atoms in total. The highest BCUT2D eigenvalue weighted by Crippen LogP contribution is 2.35.